The van der Waals surface area contributed by atoms with Crippen LogP contribution in [0.15, 0.2) is 96.7 Å². The lowest BCUT2D eigenvalue weighted by molar-refractivity contribution is -0.138. The van der Waals surface area contributed by atoms with Crippen LogP contribution < -0.4 is 9.64 Å². The molecule has 32 heavy (non-hydrogen) atoms. The predicted octanol–water partition coefficient (Wildman–Crippen LogP) is 6.21. The Kier molecular flexibility index (Phi) is 8.27. The second-order valence-corrected chi connectivity index (χ2v) is 7.07. The number of allylic oxidation sites excluding steroid dienone is 2. The lowest BCUT2D eigenvalue weighted by Crippen LogP contribution is -2.28. The molecule has 0 N–H and O–H groups in total. The van der Waals surface area contributed by atoms with Gasteiger partial charge in [0.1, 0.15) is 11.4 Å². The molecule has 0 saturated heterocycles. The van der Waals surface area contributed by atoms with Crippen molar-refractivity contribution in [3.05, 3.63) is 108 Å². The quantitative estimate of drug-likeness (QED) is 0.176. The fraction of sp³-hybridized carbons (Fsp3) is 0.179. The van der Waals surface area contributed by atoms with Crippen LogP contribution in [-0.2, 0) is 9.53 Å². The van der Waals surface area contributed by atoms with Crippen LogP contribution in [0.1, 0.15) is 25.0 Å². The van der Waals surface area contributed by atoms with Crippen molar-refractivity contribution in [3.63, 3.8) is 0 Å². The molecule has 0 amide bonds. The number of rotatable bonds is 9. The SMILES string of the molecule is CCOC(=O)/C(=C/C(=C/c1ccccc1)c1ccccc1)N(CC)c1ccc(OC)cc1. The highest BCUT2D eigenvalue weighted by molar-refractivity contribution is 5.99. The molecule has 0 fully saturated rings. The zero-order chi connectivity index (χ0) is 22.8. The van der Waals surface area contributed by atoms with Crippen molar-refractivity contribution in [2.75, 3.05) is 25.2 Å². The molecule has 3 rings (SSSR count). The average Bonchev–Trinajstić information content (AvgIpc) is 2.85. The van der Waals surface area contributed by atoms with Gasteiger partial charge in [0.25, 0.3) is 0 Å². The molecular formula is C28H29NO3. The molecule has 0 radical (unpaired) electrons. The number of nitrogens with zero attached hydrogens (tertiary/aromatic N) is 1. The minimum absolute atomic E-state index is 0.305. The summed E-state index contributed by atoms with van der Waals surface area (Å²) >= 11 is 0. The predicted molar refractivity (Wildman–Crippen MR) is 131 cm³/mol. The lowest BCUT2D eigenvalue weighted by Gasteiger charge is -2.25. The van der Waals surface area contributed by atoms with E-state index in [0.717, 1.165) is 28.1 Å². The smallest absolute Gasteiger partial charge is 0.354 e. The first-order valence-electron chi connectivity index (χ1n) is 10.8. The topological polar surface area (TPSA) is 38.8 Å². The number of hydrogen-bond donors (Lipinski definition) is 0. The molecule has 0 aliphatic carbocycles. The maximum Gasteiger partial charge on any atom is 0.354 e. The molecule has 0 spiro atoms. The number of anilines is 1. The van der Waals surface area contributed by atoms with Gasteiger partial charge >= 0.3 is 5.97 Å². The van der Waals surface area contributed by atoms with Gasteiger partial charge < -0.3 is 14.4 Å². The monoisotopic (exact) mass is 427 g/mol. The van der Waals surface area contributed by atoms with Crippen molar-refractivity contribution in [2.45, 2.75) is 13.8 Å². The Morgan fingerprint density at radius 2 is 1.50 bits per heavy atom. The standard InChI is InChI=1S/C28H29NO3/c1-4-29(25-16-18-26(31-3)19-17-25)27(28(30)32-5-2)21-24(23-14-10-7-11-15-23)20-22-12-8-6-9-13-22/h6-21H,4-5H2,1-3H3/b24-20-,27-21-. The molecule has 0 bridgehead atoms. The van der Waals surface area contributed by atoms with Gasteiger partial charge in [-0.3, -0.25) is 0 Å². The second kappa shape index (κ2) is 11.6. The van der Waals surface area contributed by atoms with E-state index in [1.807, 2.05) is 110 Å². The zero-order valence-electron chi connectivity index (χ0n) is 18.8. The Morgan fingerprint density at radius 3 is 2.06 bits per heavy atom. The molecule has 3 aromatic rings. The Morgan fingerprint density at radius 1 is 0.875 bits per heavy atom. The van der Waals surface area contributed by atoms with E-state index < -0.39 is 0 Å². The third kappa shape index (κ3) is 5.88. The van der Waals surface area contributed by atoms with Gasteiger partial charge in [-0.15, -0.1) is 0 Å². The van der Waals surface area contributed by atoms with Crippen LogP contribution in [0, 0.1) is 0 Å². The summed E-state index contributed by atoms with van der Waals surface area (Å²) in [5.74, 6) is 0.403. The van der Waals surface area contributed by atoms with Crippen LogP contribution in [0.25, 0.3) is 11.6 Å². The molecule has 0 aliphatic rings. The Hall–Kier alpha value is -3.79. The lowest BCUT2D eigenvalue weighted by atomic mass is 10.0. The summed E-state index contributed by atoms with van der Waals surface area (Å²) in [6.45, 7) is 4.74. The number of likely N-dealkylation sites (N-methyl/N-ethyl adjacent to an activating group) is 1. The number of esters is 1. The molecule has 4 nitrogen and oxygen atoms in total. The van der Waals surface area contributed by atoms with E-state index in [-0.39, 0.29) is 5.97 Å². The van der Waals surface area contributed by atoms with E-state index in [0.29, 0.717) is 18.8 Å². The van der Waals surface area contributed by atoms with E-state index in [1.54, 1.807) is 7.11 Å². The maximum absolute atomic E-state index is 13.1. The highest BCUT2D eigenvalue weighted by atomic mass is 16.5. The number of carbonyl (C=O) groups excluding carboxylic acids is 1. The van der Waals surface area contributed by atoms with Gasteiger partial charge in [0.05, 0.1) is 13.7 Å². The highest BCUT2D eigenvalue weighted by Crippen LogP contribution is 2.27. The van der Waals surface area contributed by atoms with Crippen LogP contribution in [0.3, 0.4) is 0 Å². The van der Waals surface area contributed by atoms with E-state index in [2.05, 4.69) is 6.08 Å². The first kappa shape index (κ1) is 22.9. The van der Waals surface area contributed by atoms with Gasteiger partial charge in [0.2, 0.25) is 0 Å². The van der Waals surface area contributed by atoms with Crippen molar-refractivity contribution in [1.29, 1.82) is 0 Å². The molecular weight excluding hydrogens is 398 g/mol. The molecule has 0 aromatic heterocycles. The fourth-order valence-electron chi connectivity index (χ4n) is 3.42. The molecule has 3 aromatic carbocycles. The summed E-state index contributed by atoms with van der Waals surface area (Å²) < 4.78 is 10.7. The molecule has 164 valence electrons. The molecule has 0 aliphatic heterocycles. The number of methoxy groups -OCH3 is 1. The van der Waals surface area contributed by atoms with Crippen LogP contribution in [0.4, 0.5) is 5.69 Å². The largest absolute Gasteiger partial charge is 0.497 e. The molecule has 0 heterocycles. The number of ether oxygens (including phenoxy) is 2. The Bertz CT molecular complexity index is 1050. The first-order chi connectivity index (χ1) is 15.7. The van der Waals surface area contributed by atoms with Crippen molar-refractivity contribution in [3.8, 4) is 5.75 Å². The number of hydrogen-bond acceptors (Lipinski definition) is 4. The normalized spacial score (nSPS) is 11.7. The summed E-state index contributed by atoms with van der Waals surface area (Å²) in [5.41, 5.74) is 4.36. The van der Waals surface area contributed by atoms with Crippen molar-refractivity contribution in [2.24, 2.45) is 0 Å². The van der Waals surface area contributed by atoms with Crippen molar-refractivity contribution in [1.82, 2.24) is 0 Å². The maximum atomic E-state index is 13.1. The van der Waals surface area contributed by atoms with Crippen LogP contribution in [0.5, 0.6) is 5.75 Å². The van der Waals surface area contributed by atoms with Crippen LogP contribution in [0.2, 0.25) is 0 Å². The second-order valence-electron chi connectivity index (χ2n) is 7.07. The van der Waals surface area contributed by atoms with E-state index in [4.69, 9.17) is 9.47 Å². The van der Waals surface area contributed by atoms with Gasteiger partial charge in [-0.1, -0.05) is 60.7 Å². The minimum Gasteiger partial charge on any atom is -0.497 e. The number of carbonyl (C=O) groups is 1. The van der Waals surface area contributed by atoms with Gasteiger partial charge in [-0.2, -0.15) is 0 Å². The molecule has 0 unspecified atom stereocenters. The van der Waals surface area contributed by atoms with Crippen LogP contribution >= 0.6 is 0 Å². The highest BCUT2D eigenvalue weighted by Gasteiger charge is 2.20. The van der Waals surface area contributed by atoms with Gasteiger partial charge in [-0.25, -0.2) is 4.79 Å². The third-order valence-corrected chi connectivity index (χ3v) is 5.00. The summed E-state index contributed by atoms with van der Waals surface area (Å²) in [6, 6.07) is 27.8. The average molecular weight is 428 g/mol. The summed E-state index contributed by atoms with van der Waals surface area (Å²) in [4.78, 5) is 15.0. The molecule has 0 saturated carbocycles. The van der Waals surface area contributed by atoms with Gasteiger partial charge in [0.15, 0.2) is 0 Å². The van der Waals surface area contributed by atoms with Crippen LogP contribution in [-0.4, -0.2) is 26.2 Å². The van der Waals surface area contributed by atoms with Gasteiger partial charge in [0, 0.05) is 12.2 Å². The summed E-state index contributed by atoms with van der Waals surface area (Å²) in [5, 5.41) is 0. The van der Waals surface area contributed by atoms with E-state index >= 15 is 0 Å². The third-order valence-electron chi connectivity index (χ3n) is 5.00. The minimum atomic E-state index is -0.361. The molecule has 4 heteroatoms. The van der Waals surface area contributed by atoms with Crippen molar-refractivity contribution >= 4 is 23.3 Å². The van der Waals surface area contributed by atoms with Crippen molar-refractivity contribution < 1.29 is 14.3 Å². The zero-order valence-corrected chi connectivity index (χ0v) is 18.8. The van der Waals surface area contributed by atoms with Gasteiger partial charge in [-0.05, 0) is 67.0 Å². The van der Waals surface area contributed by atoms with E-state index in [1.165, 1.54) is 0 Å². The fourth-order valence-corrected chi connectivity index (χ4v) is 3.42. The first-order valence-corrected chi connectivity index (χ1v) is 10.8. The van der Waals surface area contributed by atoms with E-state index in [9.17, 15) is 4.79 Å². The Labute approximate surface area is 190 Å². The number of benzene rings is 3. The molecule has 0 atom stereocenters. The summed E-state index contributed by atoms with van der Waals surface area (Å²) in [6.07, 6.45) is 3.99. The summed E-state index contributed by atoms with van der Waals surface area (Å²) in [7, 11) is 1.64. The Balaban J connectivity index is 2.14.